The van der Waals surface area contributed by atoms with Gasteiger partial charge in [-0.25, -0.2) is 14.8 Å². The Balaban J connectivity index is 1.72. The molecule has 7 nitrogen and oxygen atoms in total. The van der Waals surface area contributed by atoms with E-state index in [9.17, 15) is 9.59 Å². The molecule has 8 heteroatoms. The van der Waals surface area contributed by atoms with Crippen LogP contribution in [0.4, 0.5) is 5.13 Å². The maximum atomic E-state index is 13.1. The number of pyridine rings is 1. The molecule has 0 saturated carbocycles. The zero-order chi connectivity index (χ0) is 21.1. The zero-order valence-electron chi connectivity index (χ0n) is 16.2. The van der Waals surface area contributed by atoms with Crippen molar-refractivity contribution >= 4 is 39.2 Å². The van der Waals surface area contributed by atoms with Crippen molar-refractivity contribution in [1.82, 2.24) is 9.97 Å². The molecule has 0 radical (unpaired) electrons. The van der Waals surface area contributed by atoms with E-state index in [1.807, 2.05) is 48.5 Å². The first-order chi connectivity index (χ1) is 14.6. The molecule has 30 heavy (non-hydrogen) atoms. The zero-order valence-corrected chi connectivity index (χ0v) is 17.0. The molecule has 0 unspecified atom stereocenters. The predicted molar refractivity (Wildman–Crippen MR) is 115 cm³/mol. The van der Waals surface area contributed by atoms with Gasteiger partial charge in [0.2, 0.25) is 0 Å². The first-order valence-electron chi connectivity index (χ1n) is 8.99. The number of rotatable bonds is 5. The number of ether oxygens (including phenoxy) is 2. The van der Waals surface area contributed by atoms with Crippen molar-refractivity contribution in [2.24, 2.45) is 0 Å². The number of nitrogens with zero attached hydrogens (tertiary/aromatic N) is 2. The number of methoxy groups -OCH3 is 2. The highest BCUT2D eigenvalue weighted by molar-refractivity contribution is 7.17. The van der Waals surface area contributed by atoms with E-state index in [0.717, 1.165) is 28.0 Å². The Kier molecular flexibility index (Phi) is 5.40. The van der Waals surface area contributed by atoms with Gasteiger partial charge >= 0.3 is 5.97 Å². The van der Waals surface area contributed by atoms with Gasteiger partial charge in [-0.3, -0.25) is 10.1 Å². The van der Waals surface area contributed by atoms with E-state index in [1.54, 1.807) is 13.2 Å². The number of fused-ring (bicyclic) bond motifs is 1. The van der Waals surface area contributed by atoms with Crippen LogP contribution in [0.25, 0.3) is 22.2 Å². The number of anilines is 1. The third-order valence-electron chi connectivity index (χ3n) is 4.46. The Hall–Kier alpha value is -3.78. The quantitative estimate of drug-likeness (QED) is 0.482. The summed E-state index contributed by atoms with van der Waals surface area (Å²) in [7, 11) is 2.90. The number of benzene rings is 2. The van der Waals surface area contributed by atoms with Crippen molar-refractivity contribution in [3.63, 3.8) is 0 Å². The molecule has 0 aliphatic heterocycles. The average molecular weight is 419 g/mol. The van der Waals surface area contributed by atoms with Gasteiger partial charge in [0.15, 0.2) is 5.13 Å². The molecular formula is C22H17N3O4S. The Morgan fingerprint density at radius 1 is 1.03 bits per heavy atom. The lowest BCUT2D eigenvalue weighted by Gasteiger charge is -2.10. The van der Waals surface area contributed by atoms with Crippen LogP contribution in [0.5, 0.6) is 5.75 Å². The smallest absolute Gasteiger partial charge is 0.349 e. The lowest BCUT2D eigenvalue weighted by atomic mass is 10.0. The molecule has 1 N–H and O–H groups in total. The Morgan fingerprint density at radius 3 is 2.53 bits per heavy atom. The van der Waals surface area contributed by atoms with Gasteiger partial charge in [-0.15, -0.1) is 0 Å². The highest BCUT2D eigenvalue weighted by Gasteiger charge is 2.17. The van der Waals surface area contributed by atoms with Gasteiger partial charge in [0, 0.05) is 10.9 Å². The SMILES string of the molecule is COC(=O)c1cnc(NC(=O)c2cc(-c3ccc(OC)cc3)nc3ccccc23)s1. The first-order valence-corrected chi connectivity index (χ1v) is 9.80. The van der Waals surface area contributed by atoms with Crippen LogP contribution in [0.1, 0.15) is 20.0 Å². The van der Waals surface area contributed by atoms with Gasteiger partial charge in [-0.05, 0) is 36.4 Å². The Morgan fingerprint density at radius 2 is 1.80 bits per heavy atom. The molecule has 4 rings (SSSR count). The fourth-order valence-corrected chi connectivity index (χ4v) is 3.69. The van der Waals surface area contributed by atoms with E-state index in [0.29, 0.717) is 26.8 Å². The minimum Gasteiger partial charge on any atom is -0.497 e. The number of thiazole rings is 1. The summed E-state index contributed by atoms with van der Waals surface area (Å²) in [5.74, 6) is -0.0963. The summed E-state index contributed by atoms with van der Waals surface area (Å²) in [5.41, 5.74) is 2.68. The molecule has 2 heterocycles. The first kappa shape index (κ1) is 19.5. The fourth-order valence-electron chi connectivity index (χ4n) is 2.96. The molecule has 0 spiro atoms. The van der Waals surface area contributed by atoms with Crippen molar-refractivity contribution < 1.29 is 19.1 Å². The van der Waals surface area contributed by atoms with Crippen molar-refractivity contribution in [2.75, 3.05) is 19.5 Å². The average Bonchev–Trinajstić information content (AvgIpc) is 3.26. The van der Waals surface area contributed by atoms with Crippen molar-refractivity contribution in [3.05, 3.63) is 71.2 Å². The number of carbonyl (C=O) groups excluding carboxylic acids is 2. The van der Waals surface area contributed by atoms with E-state index >= 15 is 0 Å². The van der Waals surface area contributed by atoms with Crippen LogP contribution in [0, 0.1) is 0 Å². The van der Waals surface area contributed by atoms with E-state index in [1.165, 1.54) is 13.3 Å². The van der Waals surface area contributed by atoms with Gasteiger partial charge in [0.1, 0.15) is 10.6 Å². The largest absolute Gasteiger partial charge is 0.497 e. The predicted octanol–water partition coefficient (Wildman–Crippen LogP) is 4.41. The maximum Gasteiger partial charge on any atom is 0.349 e. The molecule has 1 amide bonds. The summed E-state index contributed by atoms with van der Waals surface area (Å²) < 4.78 is 9.89. The summed E-state index contributed by atoms with van der Waals surface area (Å²) in [6.45, 7) is 0. The van der Waals surface area contributed by atoms with E-state index < -0.39 is 5.97 Å². The molecular weight excluding hydrogens is 402 g/mol. The third kappa shape index (κ3) is 3.85. The summed E-state index contributed by atoms with van der Waals surface area (Å²) in [4.78, 5) is 33.8. The van der Waals surface area contributed by atoms with Gasteiger partial charge < -0.3 is 9.47 Å². The van der Waals surface area contributed by atoms with Crippen LogP contribution in [0.2, 0.25) is 0 Å². The van der Waals surface area contributed by atoms with Crippen LogP contribution in [-0.4, -0.2) is 36.1 Å². The number of esters is 1. The second kappa shape index (κ2) is 8.30. The summed E-state index contributed by atoms with van der Waals surface area (Å²) in [6.07, 6.45) is 1.37. The van der Waals surface area contributed by atoms with Gasteiger partial charge in [0.05, 0.1) is 37.2 Å². The van der Waals surface area contributed by atoms with Gasteiger partial charge in [0.25, 0.3) is 5.91 Å². The molecule has 0 aliphatic carbocycles. The summed E-state index contributed by atoms with van der Waals surface area (Å²) in [6, 6.07) is 16.6. The fraction of sp³-hybridized carbons (Fsp3) is 0.0909. The van der Waals surface area contributed by atoms with E-state index in [2.05, 4.69) is 15.0 Å². The second-order valence-corrected chi connectivity index (χ2v) is 7.31. The number of carbonyl (C=O) groups is 2. The molecule has 4 aromatic rings. The van der Waals surface area contributed by atoms with Crippen molar-refractivity contribution in [2.45, 2.75) is 0 Å². The number of hydrogen-bond acceptors (Lipinski definition) is 7. The lowest BCUT2D eigenvalue weighted by Crippen LogP contribution is -2.13. The topological polar surface area (TPSA) is 90.4 Å². The van der Waals surface area contributed by atoms with Crippen molar-refractivity contribution in [3.8, 4) is 17.0 Å². The lowest BCUT2D eigenvalue weighted by molar-refractivity contribution is 0.0606. The third-order valence-corrected chi connectivity index (χ3v) is 5.35. The number of hydrogen-bond donors (Lipinski definition) is 1. The molecule has 0 saturated heterocycles. The van der Waals surface area contributed by atoms with Gasteiger partial charge in [-0.1, -0.05) is 29.5 Å². The van der Waals surface area contributed by atoms with Gasteiger partial charge in [-0.2, -0.15) is 0 Å². The maximum absolute atomic E-state index is 13.1. The molecule has 0 atom stereocenters. The number of aromatic nitrogens is 2. The monoisotopic (exact) mass is 419 g/mol. The van der Waals surface area contributed by atoms with Crippen LogP contribution >= 0.6 is 11.3 Å². The highest BCUT2D eigenvalue weighted by Crippen LogP contribution is 2.27. The number of para-hydroxylation sites is 1. The summed E-state index contributed by atoms with van der Waals surface area (Å²) >= 11 is 1.05. The normalized spacial score (nSPS) is 10.6. The van der Waals surface area contributed by atoms with Crippen LogP contribution in [-0.2, 0) is 4.74 Å². The second-order valence-electron chi connectivity index (χ2n) is 6.28. The Labute approximate surface area is 176 Å². The number of amides is 1. The van der Waals surface area contributed by atoms with Crippen LogP contribution in [0.3, 0.4) is 0 Å². The van der Waals surface area contributed by atoms with Crippen LogP contribution in [0.15, 0.2) is 60.8 Å². The highest BCUT2D eigenvalue weighted by atomic mass is 32.1. The van der Waals surface area contributed by atoms with E-state index in [4.69, 9.17) is 9.72 Å². The molecule has 2 aromatic carbocycles. The van der Waals surface area contributed by atoms with Crippen molar-refractivity contribution in [1.29, 1.82) is 0 Å². The minimum absolute atomic E-state index is 0.311. The molecule has 0 bridgehead atoms. The molecule has 0 aliphatic rings. The van der Waals surface area contributed by atoms with E-state index in [-0.39, 0.29) is 5.91 Å². The summed E-state index contributed by atoms with van der Waals surface area (Å²) in [5, 5.41) is 3.79. The van der Waals surface area contributed by atoms with Crippen LogP contribution < -0.4 is 10.1 Å². The minimum atomic E-state index is -0.496. The molecule has 0 fully saturated rings. The Bertz CT molecular complexity index is 1230. The number of nitrogens with one attached hydrogen (secondary N) is 1. The molecule has 150 valence electrons. The standard InChI is InChI=1S/C22H17N3O4S/c1-28-14-9-7-13(8-10-14)18-11-16(15-5-3-4-6-17(15)24-18)20(26)25-22-23-12-19(30-22)21(27)29-2/h3-12H,1-2H3,(H,23,25,26). The molecule has 2 aromatic heterocycles.